The zero-order valence-corrected chi connectivity index (χ0v) is 15.1. The number of benzene rings is 1. The first-order valence-corrected chi connectivity index (χ1v) is 9.26. The van der Waals surface area contributed by atoms with Crippen molar-refractivity contribution >= 4 is 5.91 Å². The van der Waals surface area contributed by atoms with Gasteiger partial charge in [-0.3, -0.25) is 4.79 Å². The number of aliphatic hydroxyl groups is 1. The van der Waals surface area contributed by atoms with E-state index in [4.69, 9.17) is 9.47 Å². The number of amides is 1. The fourth-order valence-corrected chi connectivity index (χ4v) is 3.84. The van der Waals surface area contributed by atoms with E-state index in [-0.39, 0.29) is 12.5 Å². The van der Waals surface area contributed by atoms with Crippen molar-refractivity contribution in [3.63, 3.8) is 0 Å². The van der Waals surface area contributed by atoms with Crippen LogP contribution in [0.3, 0.4) is 0 Å². The highest BCUT2D eigenvalue weighted by Gasteiger charge is 2.38. The van der Waals surface area contributed by atoms with Gasteiger partial charge in [-0.2, -0.15) is 0 Å². The molecule has 138 valence electrons. The number of nitrogens with zero attached hydrogens (tertiary/aromatic N) is 1. The predicted octanol–water partition coefficient (Wildman–Crippen LogP) is 1.94. The predicted molar refractivity (Wildman–Crippen MR) is 95.4 cm³/mol. The minimum absolute atomic E-state index is 0.0814. The van der Waals surface area contributed by atoms with Crippen molar-refractivity contribution in [2.24, 2.45) is 5.92 Å². The summed E-state index contributed by atoms with van der Waals surface area (Å²) in [4.78, 5) is 14.6. The van der Waals surface area contributed by atoms with Gasteiger partial charge >= 0.3 is 0 Å². The second kappa shape index (κ2) is 8.30. The Morgan fingerprint density at radius 1 is 1.32 bits per heavy atom. The minimum atomic E-state index is -0.697. The molecule has 0 saturated carbocycles. The summed E-state index contributed by atoms with van der Waals surface area (Å²) in [7, 11) is 0. The lowest BCUT2D eigenvalue weighted by atomic mass is 9.91. The van der Waals surface area contributed by atoms with Gasteiger partial charge in [-0.05, 0) is 31.2 Å². The summed E-state index contributed by atoms with van der Waals surface area (Å²) >= 11 is 0. The van der Waals surface area contributed by atoms with Crippen LogP contribution < -0.4 is 0 Å². The molecule has 0 aliphatic carbocycles. The molecule has 0 radical (unpaired) electrons. The molecule has 2 aliphatic heterocycles. The Balaban J connectivity index is 1.63. The van der Waals surface area contributed by atoms with Gasteiger partial charge in [-0.25, -0.2) is 0 Å². The van der Waals surface area contributed by atoms with E-state index in [0.29, 0.717) is 38.5 Å². The summed E-state index contributed by atoms with van der Waals surface area (Å²) in [5.41, 5.74) is 1.62. The number of ether oxygens (including phenoxy) is 2. The maximum absolute atomic E-state index is 12.7. The van der Waals surface area contributed by atoms with E-state index in [0.717, 1.165) is 31.6 Å². The van der Waals surface area contributed by atoms with Gasteiger partial charge in [0.1, 0.15) is 5.60 Å². The Kier molecular flexibility index (Phi) is 6.10. The molecule has 1 aromatic carbocycles. The van der Waals surface area contributed by atoms with Gasteiger partial charge in [0.05, 0.1) is 19.8 Å². The molecule has 5 heteroatoms. The highest BCUT2D eigenvalue weighted by Crippen LogP contribution is 2.26. The second-order valence-corrected chi connectivity index (χ2v) is 7.43. The van der Waals surface area contributed by atoms with Crippen LogP contribution in [0.25, 0.3) is 0 Å². The molecular weight excluding hydrogens is 318 g/mol. The van der Waals surface area contributed by atoms with E-state index in [9.17, 15) is 9.90 Å². The van der Waals surface area contributed by atoms with Crippen molar-refractivity contribution in [1.82, 2.24) is 4.90 Å². The first-order valence-electron chi connectivity index (χ1n) is 9.26. The molecule has 2 fully saturated rings. The standard InChI is InChI=1S/C20H29NO4/c1-16-3-2-4-18(11-16)13-20(15-22)14-21(7-10-25-20)19(23)12-17-5-8-24-9-6-17/h2-4,11,17,22H,5-10,12-15H2,1H3/t20-/m1/s1. The average molecular weight is 347 g/mol. The zero-order chi connectivity index (χ0) is 17.7. The summed E-state index contributed by atoms with van der Waals surface area (Å²) in [6.07, 6.45) is 3.12. The fraction of sp³-hybridized carbons (Fsp3) is 0.650. The van der Waals surface area contributed by atoms with Gasteiger partial charge in [0.15, 0.2) is 0 Å². The van der Waals surface area contributed by atoms with Crippen molar-refractivity contribution in [2.75, 3.05) is 39.5 Å². The maximum atomic E-state index is 12.7. The minimum Gasteiger partial charge on any atom is -0.393 e. The number of carbonyl (C=O) groups excluding carboxylic acids is 1. The van der Waals surface area contributed by atoms with Crippen molar-refractivity contribution in [3.05, 3.63) is 35.4 Å². The Morgan fingerprint density at radius 2 is 2.12 bits per heavy atom. The van der Waals surface area contributed by atoms with Crippen LogP contribution in [0.2, 0.25) is 0 Å². The Morgan fingerprint density at radius 3 is 2.84 bits per heavy atom. The zero-order valence-electron chi connectivity index (χ0n) is 15.1. The van der Waals surface area contributed by atoms with Crippen LogP contribution in [0, 0.1) is 12.8 Å². The van der Waals surface area contributed by atoms with Crippen LogP contribution in [-0.4, -0.2) is 61.0 Å². The Hall–Kier alpha value is -1.43. The maximum Gasteiger partial charge on any atom is 0.223 e. The third-order valence-electron chi connectivity index (χ3n) is 5.30. The molecule has 0 bridgehead atoms. The number of carbonyl (C=O) groups is 1. The number of aryl methyl sites for hydroxylation is 1. The topological polar surface area (TPSA) is 59.0 Å². The van der Waals surface area contributed by atoms with Crippen LogP contribution >= 0.6 is 0 Å². The molecule has 2 aliphatic rings. The molecule has 2 saturated heterocycles. The highest BCUT2D eigenvalue weighted by molar-refractivity contribution is 5.76. The van der Waals surface area contributed by atoms with E-state index >= 15 is 0 Å². The first-order chi connectivity index (χ1) is 12.1. The van der Waals surface area contributed by atoms with E-state index in [1.807, 2.05) is 11.0 Å². The van der Waals surface area contributed by atoms with Crippen LogP contribution in [-0.2, 0) is 20.7 Å². The van der Waals surface area contributed by atoms with E-state index < -0.39 is 5.60 Å². The first kappa shape index (κ1) is 18.4. The Bertz CT molecular complexity index is 585. The number of rotatable bonds is 5. The summed E-state index contributed by atoms with van der Waals surface area (Å²) in [5.74, 6) is 0.599. The van der Waals surface area contributed by atoms with Crippen LogP contribution in [0.4, 0.5) is 0 Å². The van der Waals surface area contributed by atoms with Crippen LogP contribution in [0.5, 0.6) is 0 Å². The van der Waals surface area contributed by atoms with Gasteiger partial charge in [-0.1, -0.05) is 29.8 Å². The normalized spacial score (nSPS) is 25.1. The summed E-state index contributed by atoms with van der Waals surface area (Å²) in [5, 5.41) is 10.0. The van der Waals surface area contributed by atoms with Gasteiger partial charge in [0.25, 0.3) is 0 Å². The molecule has 0 spiro atoms. The summed E-state index contributed by atoms with van der Waals surface area (Å²) in [6.45, 7) is 5.04. The number of hydrogen-bond donors (Lipinski definition) is 1. The fourth-order valence-electron chi connectivity index (χ4n) is 3.84. The number of aliphatic hydroxyl groups excluding tert-OH is 1. The van der Waals surface area contributed by atoms with Crippen molar-refractivity contribution in [3.8, 4) is 0 Å². The molecule has 0 unspecified atom stereocenters. The third kappa shape index (κ3) is 4.81. The second-order valence-electron chi connectivity index (χ2n) is 7.43. The molecule has 1 amide bonds. The van der Waals surface area contributed by atoms with E-state index in [1.54, 1.807) is 0 Å². The molecule has 1 atom stereocenters. The smallest absolute Gasteiger partial charge is 0.223 e. The average Bonchev–Trinajstić information content (AvgIpc) is 2.63. The van der Waals surface area contributed by atoms with Crippen LogP contribution in [0.1, 0.15) is 30.4 Å². The molecule has 1 N–H and O–H groups in total. The molecule has 25 heavy (non-hydrogen) atoms. The largest absolute Gasteiger partial charge is 0.393 e. The van der Waals surface area contributed by atoms with E-state index in [1.165, 1.54) is 5.56 Å². The lowest BCUT2D eigenvalue weighted by molar-refractivity contribution is -0.159. The van der Waals surface area contributed by atoms with Crippen LogP contribution in [0.15, 0.2) is 24.3 Å². The summed E-state index contributed by atoms with van der Waals surface area (Å²) in [6, 6.07) is 8.24. The van der Waals surface area contributed by atoms with Gasteiger partial charge in [0.2, 0.25) is 5.91 Å². The quantitative estimate of drug-likeness (QED) is 0.884. The SMILES string of the molecule is Cc1cccc(C[C@]2(CO)CN(C(=O)CC3CCOCC3)CCO2)c1. The molecule has 2 heterocycles. The summed E-state index contributed by atoms with van der Waals surface area (Å²) < 4.78 is 11.3. The third-order valence-corrected chi connectivity index (χ3v) is 5.30. The van der Waals surface area contributed by atoms with E-state index in [2.05, 4.69) is 25.1 Å². The lowest BCUT2D eigenvalue weighted by Crippen LogP contribution is -2.57. The van der Waals surface area contributed by atoms with Gasteiger partial charge < -0.3 is 19.5 Å². The molecular formula is C20H29NO4. The van der Waals surface area contributed by atoms with Crippen molar-refractivity contribution in [2.45, 2.75) is 38.2 Å². The molecule has 3 rings (SSSR count). The number of morpholine rings is 1. The van der Waals surface area contributed by atoms with Crippen molar-refractivity contribution in [1.29, 1.82) is 0 Å². The monoisotopic (exact) mass is 347 g/mol. The van der Waals surface area contributed by atoms with Crippen molar-refractivity contribution < 1.29 is 19.4 Å². The molecule has 1 aromatic rings. The Labute approximate surface area is 149 Å². The van der Waals surface area contributed by atoms with Gasteiger partial charge in [0, 0.05) is 32.6 Å². The van der Waals surface area contributed by atoms with Gasteiger partial charge in [-0.15, -0.1) is 0 Å². The molecule has 5 nitrogen and oxygen atoms in total. The molecule has 0 aromatic heterocycles. The number of hydrogen-bond acceptors (Lipinski definition) is 4. The highest BCUT2D eigenvalue weighted by atomic mass is 16.5. The lowest BCUT2D eigenvalue weighted by Gasteiger charge is -2.42.